The van der Waals surface area contributed by atoms with Crippen LogP contribution in [0, 0.1) is 6.92 Å². The maximum absolute atomic E-state index is 11.3. The molecule has 0 bridgehead atoms. The number of aryl methyl sites for hydroxylation is 1. The standard InChI is InChI=1S/C23H24N2O2/c1-17-5-3-4-6-22(17)25(16-19-9-13-21(27-2)14-10-19)15-18-7-11-20(12-8-18)23(24)26/h3-14H,15-16H2,1-2H3,(H2,24,26). The van der Waals surface area contributed by atoms with Crippen LogP contribution in [0.2, 0.25) is 0 Å². The third-order valence-electron chi connectivity index (χ3n) is 4.60. The summed E-state index contributed by atoms with van der Waals surface area (Å²) in [7, 11) is 1.67. The highest BCUT2D eigenvalue weighted by molar-refractivity contribution is 5.92. The minimum atomic E-state index is -0.407. The van der Waals surface area contributed by atoms with Gasteiger partial charge in [0.2, 0.25) is 5.91 Å². The highest BCUT2D eigenvalue weighted by Crippen LogP contribution is 2.24. The smallest absolute Gasteiger partial charge is 0.248 e. The number of amides is 1. The van der Waals surface area contributed by atoms with Gasteiger partial charge in [0, 0.05) is 24.3 Å². The molecular formula is C23H24N2O2. The van der Waals surface area contributed by atoms with E-state index >= 15 is 0 Å². The number of hydrogen-bond acceptors (Lipinski definition) is 3. The Morgan fingerprint density at radius 2 is 1.44 bits per heavy atom. The molecule has 0 aliphatic heterocycles. The minimum Gasteiger partial charge on any atom is -0.497 e. The van der Waals surface area contributed by atoms with E-state index in [2.05, 4.69) is 42.2 Å². The summed E-state index contributed by atoms with van der Waals surface area (Å²) in [5, 5.41) is 0. The molecule has 0 fully saturated rings. The largest absolute Gasteiger partial charge is 0.497 e. The van der Waals surface area contributed by atoms with Crippen LogP contribution in [0.4, 0.5) is 5.69 Å². The molecule has 0 radical (unpaired) electrons. The van der Waals surface area contributed by atoms with E-state index in [-0.39, 0.29) is 0 Å². The Morgan fingerprint density at radius 3 is 1.96 bits per heavy atom. The van der Waals surface area contributed by atoms with E-state index in [4.69, 9.17) is 10.5 Å². The SMILES string of the molecule is COc1ccc(CN(Cc2ccc(C(N)=O)cc2)c2ccccc2C)cc1. The molecule has 0 spiro atoms. The first-order valence-electron chi connectivity index (χ1n) is 8.89. The van der Waals surface area contributed by atoms with Gasteiger partial charge in [-0.05, 0) is 53.9 Å². The number of primary amides is 1. The predicted octanol–water partition coefficient (Wildman–Crippen LogP) is 4.31. The van der Waals surface area contributed by atoms with Crippen molar-refractivity contribution in [3.8, 4) is 5.75 Å². The van der Waals surface area contributed by atoms with Crippen molar-refractivity contribution in [2.45, 2.75) is 20.0 Å². The Kier molecular flexibility index (Phi) is 5.77. The van der Waals surface area contributed by atoms with Gasteiger partial charge in [-0.25, -0.2) is 0 Å². The van der Waals surface area contributed by atoms with Gasteiger partial charge in [-0.15, -0.1) is 0 Å². The van der Waals surface area contributed by atoms with Gasteiger partial charge in [0.25, 0.3) is 0 Å². The van der Waals surface area contributed by atoms with E-state index in [1.165, 1.54) is 16.8 Å². The Morgan fingerprint density at radius 1 is 0.889 bits per heavy atom. The minimum absolute atomic E-state index is 0.407. The molecular weight excluding hydrogens is 336 g/mol. The Hall–Kier alpha value is -3.27. The number of benzene rings is 3. The van der Waals surface area contributed by atoms with Gasteiger partial charge in [-0.1, -0.05) is 42.5 Å². The molecule has 27 heavy (non-hydrogen) atoms. The van der Waals surface area contributed by atoms with Gasteiger partial charge >= 0.3 is 0 Å². The van der Waals surface area contributed by atoms with Crippen molar-refractivity contribution in [3.63, 3.8) is 0 Å². The number of nitrogens with two attached hydrogens (primary N) is 1. The summed E-state index contributed by atoms with van der Waals surface area (Å²) in [6, 6.07) is 24.0. The number of rotatable bonds is 7. The van der Waals surface area contributed by atoms with Crippen molar-refractivity contribution < 1.29 is 9.53 Å². The molecule has 2 N–H and O–H groups in total. The van der Waals surface area contributed by atoms with Crippen LogP contribution in [0.1, 0.15) is 27.0 Å². The zero-order chi connectivity index (χ0) is 19.2. The van der Waals surface area contributed by atoms with Crippen LogP contribution in [0.3, 0.4) is 0 Å². The van der Waals surface area contributed by atoms with Crippen LogP contribution in [0.5, 0.6) is 5.75 Å². The molecule has 0 saturated carbocycles. The first kappa shape index (κ1) is 18.5. The van der Waals surface area contributed by atoms with Crippen molar-refractivity contribution in [3.05, 3.63) is 95.1 Å². The number of carbonyl (C=O) groups is 1. The second kappa shape index (κ2) is 8.41. The van der Waals surface area contributed by atoms with Crippen molar-refractivity contribution in [2.75, 3.05) is 12.0 Å². The first-order chi connectivity index (χ1) is 13.1. The average molecular weight is 360 g/mol. The fourth-order valence-corrected chi connectivity index (χ4v) is 3.09. The van der Waals surface area contributed by atoms with Crippen LogP contribution in [-0.4, -0.2) is 13.0 Å². The van der Waals surface area contributed by atoms with Gasteiger partial charge in [0.05, 0.1) is 7.11 Å². The number of anilines is 1. The molecule has 3 aromatic carbocycles. The van der Waals surface area contributed by atoms with Crippen molar-refractivity contribution >= 4 is 11.6 Å². The molecule has 3 rings (SSSR count). The lowest BCUT2D eigenvalue weighted by Gasteiger charge is -2.27. The molecule has 3 aromatic rings. The van der Waals surface area contributed by atoms with Gasteiger partial charge in [-0.2, -0.15) is 0 Å². The normalized spacial score (nSPS) is 10.4. The summed E-state index contributed by atoms with van der Waals surface area (Å²) in [5.74, 6) is 0.443. The lowest BCUT2D eigenvalue weighted by atomic mass is 10.1. The van der Waals surface area contributed by atoms with Gasteiger partial charge in [0.15, 0.2) is 0 Å². The first-order valence-corrected chi connectivity index (χ1v) is 8.89. The fraction of sp³-hybridized carbons (Fsp3) is 0.174. The lowest BCUT2D eigenvalue weighted by molar-refractivity contribution is 0.100. The van der Waals surface area contributed by atoms with Crippen LogP contribution < -0.4 is 15.4 Å². The van der Waals surface area contributed by atoms with E-state index in [1.807, 2.05) is 30.3 Å². The molecule has 0 heterocycles. The highest BCUT2D eigenvalue weighted by atomic mass is 16.5. The van der Waals surface area contributed by atoms with E-state index in [9.17, 15) is 4.79 Å². The summed E-state index contributed by atoms with van der Waals surface area (Å²) < 4.78 is 5.25. The number of carbonyl (C=O) groups excluding carboxylic acids is 1. The zero-order valence-electron chi connectivity index (χ0n) is 15.7. The Bertz CT molecular complexity index is 902. The van der Waals surface area contributed by atoms with Crippen LogP contribution >= 0.6 is 0 Å². The summed E-state index contributed by atoms with van der Waals surface area (Å²) in [6.07, 6.45) is 0. The third kappa shape index (κ3) is 4.67. The van der Waals surface area contributed by atoms with Crippen LogP contribution in [-0.2, 0) is 13.1 Å². The molecule has 1 amide bonds. The topological polar surface area (TPSA) is 55.6 Å². The summed E-state index contributed by atoms with van der Waals surface area (Å²) in [5.41, 5.74) is 10.6. The number of nitrogens with zero attached hydrogens (tertiary/aromatic N) is 1. The van der Waals surface area contributed by atoms with E-state index in [1.54, 1.807) is 19.2 Å². The molecule has 0 aromatic heterocycles. The van der Waals surface area contributed by atoms with Gasteiger partial charge < -0.3 is 15.4 Å². The van der Waals surface area contributed by atoms with E-state index in [0.29, 0.717) is 5.56 Å². The third-order valence-corrected chi connectivity index (χ3v) is 4.60. The van der Waals surface area contributed by atoms with Gasteiger partial charge in [-0.3, -0.25) is 4.79 Å². The number of methoxy groups -OCH3 is 1. The fourth-order valence-electron chi connectivity index (χ4n) is 3.09. The van der Waals surface area contributed by atoms with Gasteiger partial charge in [0.1, 0.15) is 5.75 Å². The monoisotopic (exact) mass is 360 g/mol. The molecule has 0 aliphatic carbocycles. The molecule has 0 aliphatic rings. The maximum atomic E-state index is 11.3. The Balaban J connectivity index is 1.87. The van der Waals surface area contributed by atoms with Crippen LogP contribution in [0.15, 0.2) is 72.8 Å². The number of ether oxygens (including phenoxy) is 1. The lowest BCUT2D eigenvalue weighted by Crippen LogP contribution is -2.23. The molecule has 0 atom stereocenters. The van der Waals surface area contributed by atoms with Crippen molar-refractivity contribution in [2.24, 2.45) is 5.73 Å². The summed E-state index contributed by atoms with van der Waals surface area (Å²) >= 11 is 0. The summed E-state index contributed by atoms with van der Waals surface area (Å²) in [6.45, 7) is 3.62. The van der Waals surface area contributed by atoms with Crippen molar-refractivity contribution in [1.82, 2.24) is 0 Å². The molecule has 4 nitrogen and oxygen atoms in total. The number of para-hydroxylation sites is 1. The number of hydrogen-bond donors (Lipinski definition) is 1. The Labute approximate surface area is 160 Å². The predicted molar refractivity (Wildman–Crippen MR) is 109 cm³/mol. The zero-order valence-corrected chi connectivity index (χ0v) is 15.7. The van der Waals surface area contributed by atoms with Crippen LogP contribution in [0.25, 0.3) is 0 Å². The second-order valence-corrected chi connectivity index (χ2v) is 6.55. The van der Waals surface area contributed by atoms with Crippen molar-refractivity contribution in [1.29, 1.82) is 0 Å². The quantitative estimate of drug-likeness (QED) is 0.683. The molecule has 138 valence electrons. The molecule has 4 heteroatoms. The average Bonchev–Trinajstić information content (AvgIpc) is 2.69. The highest BCUT2D eigenvalue weighted by Gasteiger charge is 2.11. The van der Waals surface area contributed by atoms with E-state index in [0.717, 1.165) is 24.4 Å². The maximum Gasteiger partial charge on any atom is 0.248 e. The summed E-state index contributed by atoms with van der Waals surface area (Å²) in [4.78, 5) is 13.6. The molecule has 0 saturated heterocycles. The molecule has 0 unspecified atom stereocenters. The second-order valence-electron chi connectivity index (χ2n) is 6.55. The van der Waals surface area contributed by atoms with E-state index < -0.39 is 5.91 Å².